The lowest BCUT2D eigenvalue weighted by molar-refractivity contribution is 0.216. The lowest BCUT2D eigenvalue weighted by Crippen LogP contribution is -2.31. The molecule has 0 aliphatic heterocycles. The number of pyridine rings is 1. The molecule has 0 bridgehead atoms. The average Bonchev–Trinajstić information content (AvgIpc) is 2.86. The summed E-state index contributed by atoms with van der Waals surface area (Å²) < 4.78 is 6.11. The van der Waals surface area contributed by atoms with E-state index in [1.54, 1.807) is 25.4 Å². The minimum atomic E-state index is -0.231. The van der Waals surface area contributed by atoms with Gasteiger partial charge in [-0.3, -0.25) is 5.32 Å². The molecule has 6 heteroatoms. The second kappa shape index (κ2) is 5.88. The molecule has 2 rings (SSSR count). The Morgan fingerprint density at radius 1 is 1.47 bits per heavy atom. The number of halogens is 1. The number of nitrogens with zero attached hydrogens (tertiary/aromatic N) is 2. The van der Waals surface area contributed by atoms with E-state index in [2.05, 4.69) is 26.2 Å². The molecular formula is C13H14BrN3O2. The molecule has 100 valence electrons. The van der Waals surface area contributed by atoms with Crippen LogP contribution >= 0.6 is 15.9 Å². The van der Waals surface area contributed by atoms with Crippen molar-refractivity contribution in [1.29, 1.82) is 0 Å². The van der Waals surface area contributed by atoms with Gasteiger partial charge in [0.05, 0.1) is 18.5 Å². The van der Waals surface area contributed by atoms with E-state index < -0.39 is 0 Å². The Hall–Kier alpha value is -1.82. The van der Waals surface area contributed by atoms with Crippen LogP contribution in [0.5, 0.6) is 0 Å². The number of carbonyl (C=O) groups excluding carboxylic acids is 1. The summed E-state index contributed by atoms with van der Waals surface area (Å²) in [6.07, 6.45) is 1.58. The molecule has 2 heterocycles. The first-order valence-electron chi connectivity index (χ1n) is 5.74. The number of furan rings is 1. The number of aromatic nitrogens is 1. The fourth-order valence-electron chi connectivity index (χ4n) is 1.53. The quantitative estimate of drug-likeness (QED) is 0.941. The maximum Gasteiger partial charge on any atom is 0.323 e. The van der Waals surface area contributed by atoms with E-state index in [1.165, 1.54) is 4.90 Å². The van der Waals surface area contributed by atoms with Gasteiger partial charge in [0.1, 0.15) is 11.6 Å². The number of amides is 2. The topological polar surface area (TPSA) is 58.4 Å². The highest BCUT2D eigenvalue weighted by Gasteiger charge is 2.11. The van der Waals surface area contributed by atoms with Gasteiger partial charge in [-0.15, -0.1) is 0 Å². The zero-order chi connectivity index (χ0) is 13.8. The van der Waals surface area contributed by atoms with Gasteiger partial charge in [-0.2, -0.15) is 0 Å². The van der Waals surface area contributed by atoms with E-state index in [9.17, 15) is 4.79 Å². The Labute approximate surface area is 119 Å². The van der Waals surface area contributed by atoms with Gasteiger partial charge in [-0.1, -0.05) is 0 Å². The van der Waals surface area contributed by atoms with Crippen LogP contribution < -0.4 is 5.32 Å². The first-order valence-corrected chi connectivity index (χ1v) is 6.53. The lowest BCUT2D eigenvalue weighted by Gasteiger charge is -2.16. The minimum Gasteiger partial charge on any atom is -0.467 e. The fraction of sp³-hybridized carbons (Fsp3) is 0.231. The van der Waals surface area contributed by atoms with Crippen molar-refractivity contribution in [3.63, 3.8) is 0 Å². The summed E-state index contributed by atoms with van der Waals surface area (Å²) in [5.41, 5.74) is 0.825. The highest BCUT2D eigenvalue weighted by molar-refractivity contribution is 9.10. The third kappa shape index (κ3) is 3.57. The summed E-state index contributed by atoms with van der Waals surface area (Å²) >= 11 is 3.37. The maximum absolute atomic E-state index is 12.0. The molecule has 19 heavy (non-hydrogen) atoms. The summed E-state index contributed by atoms with van der Waals surface area (Å²) in [4.78, 5) is 17.7. The highest BCUT2D eigenvalue weighted by Crippen LogP contribution is 2.16. The van der Waals surface area contributed by atoms with Crippen LogP contribution in [0.25, 0.3) is 0 Å². The molecule has 0 atom stereocenters. The standard InChI is InChI=1S/C13H14BrN3O2/c1-9-11(14)5-6-12(15-9)16-13(18)17(2)8-10-4-3-7-19-10/h3-7H,8H2,1-2H3,(H,15,16,18). The van der Waals surface area contributed by atoms with Crippen molar-refractivity contribution >= 4 is 27.8 Å². The molecule has 0 saturated heterocycles. The normalized spacial score (nSPS) is 10.3. The molecule has 1 N–H and O–H groups in total. The largest absolute Gasteiger partial charge is 0.467 e. The molecular weight excluding hydrogens is 310 g/mol. The number of hydrogen-bond acceptors (Lipinski definition) is 3. The Kier molecular flexibility index (Phi) is 4.21. The summed E-state index contributed by atoms with van der Waals surface area (Å²) in [7, 11) is 1.70. The second-order valence-electron chi connectivity index (χ2n) is 4.13. The van der Waals surface area contributed by atoms with Crippen LogP contribution in [0.2, 0.25) is 0 Å². The number of aryl methyl sites for hydroxylation is 1. The number of hydrogen-bond donors (Lipinski definition) is 1. The van der Waals surface area contributed by atoms with Gasteiger partial charge < -0.3 is 9.32 Å². The predicted molar refractivity (Wildman–Crippen MR) is 75.9 cm³/mol. The molecule has 0 aliphatic carbocycles. The molecule has 2 aromatic rings. The Morgan fingerprint density at radius 3 is 2.89 bits per heavy atom. The van der Waals surface area contributed by atoms with Crippen LogP contribution in [0.3, 0.4) is 0 Å². The van der Waals surface area contributed by atoms with Gasteiger partial charge in [0.2, 0.25) is 0 Å². The van der Waals surface area contributed by atoms with Gasteiger partial charge >= 0.3 is 6.03 Å². The van der Waals surface area contributed by atoms with Crippen LogP contribution in [0.4, 0.5) is 10.6 Å². The van der Waals surface area contributed by atoms with Crippen LogP contribution in [-0.2, 0) is 6.54 Å². The smallest absolute Gasteiger partial charge is 0.323 e. The van der Waals surface area contributed by atoms with E-state index in [0.717, 1.165) is 15.9 Å². The minimum absolute atomic E-state index is 0.231. The highest BCUT2D eigenvalue weighted by atomic mass is 79.9. The third-order valence-electron chi connectivity index (χ3n) is 2.58. The van der Waals surface area contributed by atoms with Crippen LogP contribution in [0, 0.1) is 6.92 Å². The molecule has 0 fully saturated rings. The van der Waals surface area contributed by atoms with Gasteiger partial charge in [0.15, 0.2) is 0 Å². The van der Waals surface area contributed by atoms with E-state index in [-0.39, 0.29) is 6.03 Å². The first kappa shape index (κ1) is 13.6. The van der Waals surface area contributed by atoms with Crippen molar-refractivity contribution in [3.8, 4) is 0 Å². The predicted octanol–water partition coefficient (Wildman–Crippen LogP) is 3.41. The molecule has 0 unspecified atom stereocenters. The second-order valence-corrected chi connectivity index (χ2v) is 4.98. The number of carbonyl (C=O) groups is 1. The molecule has 2 amide bonds. The number of urea groups is 1. The van der Waals surface area contributed by atoms with Crippen molar-refractivity contribution < 1.29 is 9.21 Å². The Balaban J connectivity index is 1.98. The Bertz CT molecular complexity index is 569. The summed E-state index contributed by atoms with van der Waals surface area (Å²) in [6.45, 7) is 2.28. The van der Waals surface area contributed by atoms with Crippen LogP contribution in [-0.4, -0.2) is 23.0 Å². The van der Waals surface area contributed by atoms with Gasteiger partial charge in [-0.05, 0) is 47.1 Å². The third-order valence-corrected chi connectivity index (χ3v) is 3.41. The van der Waals surface area contributed by atoms with E-state index >= 15 is 0 Å². The van der Waals surface area contributed by atoms with Gasteiger partial charge in [0, 0.05) is 11.5 Å². The molecule has 2 aromatic heterocycles. The zero-order valence-electron chi connectivity index (χ0n) is 10.7. The molecule has 5 nitrogen and oxygen atoms in total. The van der Waals surface area contributed by atoms with Gasteiger partial charge in [0.25, 0.3) is 0 Å². The summed E-state index contributed by atoms with van der Waals surface area (Å²) in [6, 6.07) is 6.98. The number of nitrogens with one attached hydrogen (secondary N) is 1. The van der Waals surface area contributed by atoms with Crippen molar-refractivity contribution in [2.24, 2.45) is 0 Å². The molecule has 0 radical (unpaired) electrons. The van der Waals surface area contributed by atoms with E-state index in [4.69, 9.17) is 4.42 Å². The number of anilines is 1. The zero-order valence-corrected chi connectivity index (χ0v) is 12.3. The first-order chi connectivity index (χ1) is 9.06. The van der Waals surface area contributed by atoms with E-state index in [1.807, 2.05) is 19.1 Å². The molecule has 0 aromatic carbocycles. The SMILES string of the molecule is Cc1nc(NC(=O)N(C)Cc2ccco2)ccc1Br. The van der Waals surface area contributed by atoms with Gasteiger partial charge in [-0.25, -0.2) is 9.78 Å². The molecule has 0 saturated carbocycles. The average molecular weight is 324 g/mol. The number of rotatable bonds is 3. The summed E-state index contributed by atoms with van der Waals surface area (Å²) in [5.74, 6) is 1.26. The Morgan fingerprint density at radius 2 is 2.26 bits per heavy atom. The van der Waals surface area contributed by atoms with Crippen molar-refractivity contribution in [2.75, 3.05) is 12.4 Å². The van der Waals surface area contributed by atoms with Crippen molar-refractivity contribution in [3.05, 3.63) is 46.5 Å². The fourth-order valence-corrected chi connectivity index (χ4v) is 1.75. The summed E-state index contributed by atoms with van der Waals surface area (Å²) in [5, 5.41) is 2.74. The maximum atomic E-state index is 12.0. The monoisotopic (exact) mass is 323 g/mol. The van der Waals surface area contributed by atoms with E-state index in [0.29, 0.717) is 12.4 Å². The van der Waals surface area contributed by atoms with Crippen molar-refractivity contribution in [1.82, 2.24) is 9.88 Å². The van der Waals surface area contributed by atoms with Crippen LogP contribution in [0.15, 0.2) is 39.4 Å². The molecule has 0 aliphatic rings. The van der Waals surface area contributed by atoms with Crippen molar-refractivity contribution in [2.45, 2.75) is 13.5 Å². The van der Waals surface area contributed by atoms with Crippen LogP contribution in [0.1, 0.15) is 11.5 Å². The lowest BCUT2D eigenvalue weighted by atomic mass is 10.4. The molecule has 0 spiro atoms.